The molecule has 0 atom stereocenters. The molecule has 0 saturated heterocycles. The predicted molar refractivity (Wildman–Crippen MR) is 138 cm³/mol. The van der Waals surface area contributed by atoms with Crippen LogP contribution < -0.4 is 0 Å². The van der Waals surface area contributed by atoms with Gasteiger partial charge in [0.2, 0.25) is 0 Å². The first-order valence-corrected chi connectivity index (χ1v) is 12.9. The van der Waals surface area contributed by atoms with Crippen molar-refractivity contribution < 1.29 is 8.78 Å². The minimum Gasteiger partial charge on any atom is -0.360 e. The molecule has 2 aliphatic rings. The first kappa shape index (κ1) is 24.9. The zero-order valence-corrected chi connectivity index (χ0v) is 21.4. The van der Waals surface area contributed by atoms with Crippen LogP contribution in [0, 0.1) is 60.0 Å². The van der Waals surface area contributed by atoms with Crippen molar-refractivity contribution in [1.82, 2.24) is 9.55 Å². The second-order valence-electron chi connectivity index (χ2n) is 9.43. The third-order valence-electron chi connectivity index (χ3n) is 6.43. The molecule has 2 heterocycles. The van der Waals surface area contributed by atoms with Gasteiger partial charge in [0.25, 0.3) is 0 Å². The molecule has 0 bridgehead atoms. The van der Waals surface area contributed by atoms with Gasteiger partial charge in [-0.1, -0.05) is 15.9 Å². The summed E-state index contributed by atoms with van der Waals surface area (Å²) in [7, 11) is 0. The number of alkyl halides is 1. The molecule has 7 heteroatoms. The molecule has 2 saturated carbocycles. The molecule has 2 aromatic carbocycles. The Labute approximate surface area is 212 Å². The number of aromatic nitrogens is 2. The lowest BCUT2D eigenvalue weighted by Gasteiger charge is -2.04. The molecule has 0 spiro atoms. The summed E-state index contributed by atoms with van der Waals surface area (Å²) in [6.45, 7) is 4.40. The van der Waals surface area contributed by atoms with Crippen molar-refractivity contribution >= 4 is 37.7 Å². The van der Waals surface area contributed by atoms with Crippen molar-refractivity contribution in [1.29, 1.82) is 10.5 Å². The van der Waals surface area contributed by atoms with Crippen LogP contribution in [-0.2, 0) is 6.54 Å². The Hall–Kier alpha value is -3.16. The molecular weight excluding hydrogens is 510 g/mol. The molecule has 1 N–H and O–H groups in total. The molecule has 4 nitrogen and oxygen atoms in total. The van der Waals surface area contributed by atoms with E-state index >= 15 is 0 Å². The molecule has 0 unspecified atom stereocenters. The van der Waals surface area contributed by atoms with Gasteiger partial charge in [-0.3, -0.25) is 0 Å². The lowest BCUT2D eigenvalue weighted by molar-refractivity contribution is 0.619. The molecule has 0 radical (unpaired) electrons. The first-order chi connectivity index (χ1) is 16.8. The molecular formula is C28H27BrF2N4. The van der Waals surface area contributed by atoms with Gasteiger partial charge in [0.05, 0.1) is 11.1 Å². The minimum absolute atomic E-state index is 0.238. The van der Waals surface area contributed by atoms with E-state index in [1.54, 1.807) is 26.1 Å². The van der Waals surface area contributed by atoms with Crippen LogP contribution in [0.25, 0.3) is 21.8 Å². The fraction of sp³-hybridized carbons (Fsp3) is 0.357. The lowest BCUT2D eigenvalue weighted by Crippen LogP contribution is -1.97. The van der Waals surface area contributed by atoms with Crippen LogP contribution in [0.2, 0.25) is 0 Å². The number of hydrogen-bond donors (Lipinski definition) is 1. The number of benzene rings is 2. The highest BCUT2D eigenvalue weighted by molar-refractivity contribution is 9.09. The maximum absolute atomic E-state index is 13.5. The Balaban J connectivity index is 0.000000141. The Morgan fingerprint density at radius 1 is 0.914 bits per heavy atom. The highest BCUT2D eigenvalue weighted by Crippen LogP contribution is 2.33. The molecule has 0 amide bonds. The van der Waals surface area contributed by atoms with E-state index in [2.05, 4.69) is 31.6 Å². The molecule has 6 rings (SSSR count). The highest BCUT2D eigenvalue weighted by Gasteiger charge is 2.23. The van der Waals surface area contributed by atoms with Crippen molar-refractivity contribution in [3.63, 3.8) is 0 Å². The van der Waals surface area contributed by atoms with Crippen LogP contribution in [0.1, 0.15) is 47.9 Å². The third-order valence-corrected chi connectivity index (χ3v) is 7.35. The highest BCUT2D eigenvalue weighted by atomic mass is 79.9. The Morgan fingerprint density at radius 3 is 2.06 bits per heavy atom. The normalized spacial score (nSPS) is 14.5. The summed E-state index contributed by atoms with van der Waals surface area (Å²) >= 11 is 3.38. The van der Waals surface area contributed by atoms with Gasteiger partial charge in [0.15, 0.2) is 0 Å². The summed E-state index contributed by atoms with van der Waals surface area (Å²) < 4.78 is 28.7. The van der Waals surface area contributed by atoms with Gasteiger partial charge in [0.1, 0.15) is 23.8 Å². The van der Waals surface area contributed by atoms with Crippen molar-refractivity contribution in [2.75, 3.05) is 5.33 Å². The van der Waals surface area contributed by atoms with E-state index in [1.807, 2.05) is 18.3 Å². The lowest BCUT2D eigenvalue weighted by atomic mass is 10.1. The van der Waals surface area contributed by atoms with Gasteiger partial charge in [-0.2, -0.15) is 10.5 Å². The van der Waals surface area contributed by atoms with Crippen molar-refractivity contribution in [3.05, 3.63) is 70.5 Å². The topological polar surface area (TPSA) is 68.3 Å². The molecule has 180 valence electrons. The van der Waals surface area contributed by atoms with Crippen molar-refractivity contribution in [2.45, 2.75) is 46.1 Å². The van der Waals surface area contributed by atoms with E-state index in [1.165, 1.54) is 43.1 Å². The van der Waals surface area contributed by atoms with Gasteiger partial charge >= 0.3 is 0 Å². The van der Waals surface area contributed by atoms with E-state index in [-0.39, 0.29) is 11.6 Å². The Morgan fingerprint density at radius 2 is 1.51 bits per heavy atom. The van der Waals surface area contributed by atoms with Gasteiger partial charge in [-0.25, -0.2) is 8.78 Å². The number of nitrogens with zero attached hydrogens (tertiary/aromatic N) is 3. The van der Waals surface area contributed by atoms with Crippen molar-refractivity contribution in [2.24, 2.45) is 11.8 Å². The van der Waals surface area contributed by atoms with E-state index in [9.17, 15) is 8.78 Å². The predicted octanol–water partition coefficient (Wildman–Crippen LogP) is 7.65. The van der Waals surface area contributed by atoms with Crippen LogP contribution in [0.5, 0.6) is 0 Å². The largest absolute Gasteiger partial charge is 0.360 e. The average molecular weight is 537 g/mol. The van der Waals surface area contributed by atoms with Crippen LogP contribution in [0.4, 0.5) is 8.78 Å². The first-order valence-electron chi connectivity index (χ1n) is 11.8. The van der Waals surface area contributed by atoms with Crippen LogP contribution in [0.15, 0.2) is 36.7 Å². The Kier molecular flexibility index (Phi) is 7.57. The van der Waals surface area contributed by atoms with Gasteiger partial charge in [-0.05, 0) is 86.8 Å². The van der Waals surface area contributed by atoms with Crippen LogP contribution in [-0.4, -0.2) is 14.9 Å². The molecule has 4 aromatic rings. The van der Waals surface area contributed by atoms with E-state index in [4.69, 9.17) is 10.5 Å². The number of nitrogens with one attached hydrogen (secondary N) is 1. The molecule has 35 heavy (non-hydrogen) atoms. The Bertz CT molecular complexity index is 1450. The number of halogens is 3. The summed E-state index contributed by atoms with van der Waals surface area (Å²) in [4.78, 5) is 2.92. The maximum atomic E-state index is 13.5. The average Bonchev–Trinajstić information content (AvgIpc) is 3.78. The number of hydrogen-bond acceptors (Lipinski definition) is 2. The summed E-state index contributed by atoms with van der Waals surface area (Å²) in [5, 5.41) is 20.4. The van der Waals surface area contributed by atoms with Crippen LogP contribution in [0.3, 0.4) is 0 Å². The van der Waals surface area contributed by atoms with Gasteiger partial charge in [-0.15, -0.1) is 0 Å². The number of H-pyrrole nitrogens is 1. The second kappa shape index (κ2) is 10.6. The maximum Gasteiger partial charge on any atom is 0.126 e. The van der Waals surface area contributed by atoms with Gasteiger partial charge < -0.3 is 9.55 Å². The summed E-state index contributed by atoms with van der Waals surface area (Å²) in [6.07, 6.45) is 8.89. The monoisotopic (exact) mass is 536 g/mol. The number of aryl methyl sites for hydroxylation is 2. The fourth-order valence-electron chi connectivity index (χ4n) is 3.85. The number of fused-ring (bicyclic) bond motifs is 2. The molecule has 2 aliphatic carbocycles. The quantitative estimate of drug-likeness (QED) is 0.273. The SMILES string of the molecule is BrCC1CC1.Cc1cc2[nH]cc(C#N)c2cc1F.Cc1cc2c(cc1F)c(C#N)cn2CC1CC1. The molecule has 2 aromatic heterocycles. The number of nitriles is 2. The minimum atomic E-state index is -0.274. The van der Waals surface area contributed by atoms with Gasteiger partial charge in [0, 0.05) is 46.1 Å². The number of aromatic amines is 1. The standard InChI is InChI=1S/C14H13FN2.C10H7FN2.C4H7Br/c1-9-4-14-12(5-13(9)15)11(6-16)8-17(14)7-10-2-3-10;1-6-2-10-8(3-9(6)11)7(4-12)5-13-10;5-3-4-1-2-4/h4-5,8,10H,2-3,7H2,1H3;2-3,5,13H,1H3;4H,1-3H2. The second-order valence-corrected chi connectivity index (χ2v) is 10.1. The molecule has 0 aliphatic heterocycles. The smallest absolute Gasteiger partial charge is 0.126 e. The molecule has 2 fully saturated rings. The van der Waals surface area contributed by atoms with E-state index < -0.39 is 0 Å². The van der Waals surface area contributed by atoms with E-state index in [0.717, 1.165) is 34.8 Å². The van der Waals surface area contributed by atoms with Crippen LogP contribution >= 0.6 is 15.9 Å². The van der Waals surface area contributed by atoms with E-state index in [0.29, 0.717) is 27.6 Å². The number of rotatable bonds is 3. The summed E-state index contributed by atoms with van der Waals surface area (Å²) in [5.41, 5.74) is 4.05. The zero-order chi connectivity index (χ0) is 25.1. The summed E-state index contributed by atoms with van der Waals surface area (Å²) in [6, 6.07) is 10.6. The third kappa shape index (κ3) is 5.92. The summed E-state index contributed by atoms with van der Waals surface area (Å²) in [5.74, 6) is 1.28. The fourth-order valence-corrected chi connectivity index (χ4v) is 4.50. The zero-order valence-electron chi connectivity index (χ0n) is 19.8. The van der Waals surface area contributed by atoms with Crippen molar-refractivity contribution in [3.8, 4) is 12.1 Å².